The number of thioether (sulfide) groups is 1. The minimum Gasteiger partial charge on any atom is -0.478 e. The number of aromatic carboxylic acids is 1. The maximum absolute atomic E-state index is 11.3. The molecule has 0 aliphatic carbocycles. The quantitative estimate of drug-likeness (QED) is 0.830. The van der Waals surface area contributed by atoms with Crippen molar-refractivity contribution < 1.29 is 9.90 Å². The zero-order chi connectivity index (χ0) is 12.2. The van der Waals surface area contributed by atoms with Gasteiger partial charge in [-0.25, -0.2) is 4.79 Å². The second-order valence-corrected chi connectivity index (χ2v) is 6.16. The van der Waals surface area contributed by atoms with Gasteiger partial charge in [0, 0.05) is 34.6 Å². The van der Waals surface area contributed by atoms with Crippen molar-refractivity contribution in [3.63, 3.8) is 0 Å². The first kappa shape index (κ1) is 10.7. The fourth-order valence-corrected chi connectivity index (χ4v) is 3.01. The Labute approximate surface area is 103 Å². The first-order valence-corrected chi connectivity index (χ1v) is 6.47. The molecule has 2 heterocycles. The number of fused-ring (bicyclic) bond motifs is 1. The van der Waals surface area contributed by atoms with Gasteiger partial charge in [0.2, 0.25) is 0 Å². The average molecular weight is 247 g/mol. The van der Waals surface area contributed by atoms with Crippen LogP contribution in [0.25, 0.3) is 10.9 Å². The summed E-state index contributed by atoms with van der Waals surface area (Å²) in [5.41, 5.74) is 2.55. The Morgan fingerprint density at radius 2 is 2.24 bits per heavy atom. The van der Waals surface area contributed by atoms with Crippen LogP contribution in [0.3, 0.4) is 0 Å². The average Bonchev–Trinajstić information content (AvgIpc) is 2.94. The third-order valence-corrected chi connectivity index (χ3v) is 4.77. The molecule has 1 saturated heterocycles. The van der Waals surface area contributed by atoms with Crippen LogP contribution in [0.1, 0.15) is 22.8 Å². The zero-order valence-electron chi connectivity index (χ0n) is 9.73. The Kier molecular flexibility index (Phi) is 2.08. The van der Waals surface area contributed by atoms with Crippen molar-refractivity contribution in [3.8, 4) is 0 Å². The van der Waals surface area contributed by atoms with Gasteiger partial charge >= 0.3 is 5.97 Å². The Hall–Kier alpha value is -1.42. The second kappa shape index (κ2) is 3.29. The number of nitrogens with zero attached hydrogens (tertiary/aromatic N) is 1. The lowest BCUT2D eigenvalue weighted by Gasteiger charge is -2.10. The molecule has 0 saturated carbocycles. The molecule has 3 nitrogen and oxygen atoms in total. The maximum atomic E-state index is 11.3. The lowest BCUT2D eigenvalue weighted by molar-refractivity contribution is 0.0699. The van der Waals surface area contributed by atoms with Gasteiger partial charge in [-0.2, -0.15) is 0 Å². The Morgan fingerprint density at radius 1 is 1.53 bits per heavy atom. The summed E-state index contributed by atoms with van der Waals surface area (Å²) in [4.78, 5) is 11.3. The molecular weight excluding hydrogens is 234 g/mol. The van der Waals surface area contributed by atoms with Crippen LogP contribution < -0.4 is 0 Å². The maximum Gasteiger partial charge on any atom is 0.337 e. The van der Waals surface area contributed by atoms with Crippen molar-refractivity contribution in [2.75, 3.05) is 5.75 Å². The first-order valence-electron chi connectivity index (χ1n) is 5.49. The number of hydrogen-bond donors (Lipinski definition) is 1. The molecule has 1 N–H and O–H groups in total. The first-order chi connectivity index (χ1) is 8.03. The number of carboxylic acid groups (broad SMARTS) is 1. The standard InChI is InChI=1S/C13H13NO2S/c1-13(7-17-13)9-4-3-5-10-11(9)8(12(15)16)6-14(10)2/h3-6H,7H2,1-2H3,(H,15,16). The highest BCUT2D eigenvalue weighted by atomic mass is 32.2. The van der Waals surface area contributed by atoms with Crippen molar-refractivity contribution in [1.29, 1.82) is 0 Å². The molecule has 1 fully saturated rings. The van der Waals surface area contributed by atoms with E-state index in [1.165, 1.54) is 0 Å². The van der Waals surface area contributed by atoms with E-state index < -0.39 is 5.97 Å². The molecule has 1 atom stereocenters. The zero-order valence-corrected chi connectivity index (χ0v) is 10.5. The molecule has 1 aliphatic heterocycles. The Balaban J connectivity index is 2.40. The van der Waals surface area contributed by atoms with Gasteiger partial charge in [-0.05, 0) is 18.6 Å². The molecule has 17 heavy (non-hydrogen) atoms. The van der Waals surface area contributed by atoms with Gasteiger partial charge in [-0.3, -0.25) is 0 Å². The van der Waals surface area contributed by atoms with Crippen LogP contribution in [0, 0.1) is 0 Å². The smallest absolute Gasteiger partial charge is 0.337 e. The summed E-state index contributed by atoms with van der Waals surface area (Å²) in [5.74, 6) is 0.220. The predicted molar refractivity (Wildman–Crippen MR) is 69.7 cm³/mol. The predicted octanol–water partition coefficient (Wildman–Crippen LogP) is 2.84. The summed E-state index contributed by atoms with van der Waals surface area (Å²) in [7, 11) is 1.89. The minimum absolute atomic E-state index is 0.102. The largest absolute Gasteiger partial charge is 0.478 e. The number of carbonyl (C=O) groups is 1. The number of carboxylic acids is 1. The molecule has 0 bridgehead atoms. The van der Waals surface area contributed by atoms with Gasteiger partial charge in [0.15, 0.2) is 0 Å². The van der Waals surface area contributed by atoms with Crippen molar-refractivity contribution in [2.24, 2.45) is 7.05 Å². The topological polar surface area (TPSA) is 42.2 Å². The number of aryl methyl sites for hydroxylation is 1. The van der Waals surface area contributed by atoms with E-state index in [0.717, 1.165) is 22.2 Å². The van der Waals surface area contributed by atoms with Crippen LogP contribution in [-0.2, 0) is 11.8 Å². The highest BCUT2D eigenvalue weighted by molar-refractivity contribution is 8.07. The minimum atomic E-state index is -0.850. The van der Waals surface area contributed by atoms with E-state index >= 15 is 0 Å². The molecule has 4 heteroatoms. The molecule has 88 valence electrons. The van der Waals surface area contributed by atoms with Crippen LogP contribution in [0.2, 0.25) is 0 Å². The van der Waals surface area contributed by atoms with E-state index in [2.05, 4.69) is 13.0 Å². The van der Waals surface area contributed by atoms with E-state index in [1.807, 2.05) is 35.5 Å². The molecule has 0 spiro atoms. The van der Waals surface area contributed by atoms with Crippen molar-refractivity contribution in [3.05, 3.63) is 35.5 Å². The molecule has 1 aliphatic rings. The fraction of sp³-hybridized carbons (Fsp3) is 0.308. The van der Waals surface area contributed by atoms with Gasteiger partial charge in [-0.1, -0.05) is 12.1 Å². The monoisotopic (exact) mass is 247 g/mol. The van der Waals surface area contributed by atoms with E-state index in [1.54, 1.807) is 6.20 Å². The van der Waals surface area contributed by atoms with E-state index in [9.17, 15) is 9.90 Å². The molecule has 1 aromatic heterocycles. The highest BCUT2D eigenvalue weighted by Crippen LogP contribution is 2.55. The molecule has 1 aromatic carbocycles. The summed E-state index contributed by atoms with van der Waals surface area (Å²) in [6, 6.07) is 6.03. The summed E-state index contributed by atoms with van der Waals surface area (Å²) in [5, 5.41) is 10.2. The van der Waals surface area contributed by atoms with Gasteiger partial charge in [-0.15, -0.1) is 11.8 Å². The molecule has 0 radical (unpaired) electrons. The summed E-state index contributed by atoms with van der Waals surface area (Å²) >= 11 is 1.87. The number of hydrogen-bond acceptors (Lipinski definition) is 2. The van der Waals surface area contributed by atoms with Crippen LogP contribution >= 0.6 is 11.8 Å². The molecule has 1 unspecified atom stereocenters. The number of rotatable bonds is 2. The lowest BCUT2D eigenvalue weighted by Crippen LogP contribution is -2.03. The van der Waals surface area contributed by atoms with Crippen molar-refractivity contribution >= 4 is 28.6 Å². The van der Waals surface area contributed by atoms with Crippen LogP contribution in [-0.4, -0.2) is 21.4 Å². The van der Waals surface area contributed by atoms with E-state index in [-0.39, 0.29) is 4.75 Å². The Bertz CT molecular complexity index is 626. The third-order valence-electron chi connectivity index (χ3n) is 3.39. The summed E-state index contributed by atoms with van der Waals surface area (Å²) in [6.07, 6.45) is 1.70. The molecular formula is C13H13NO2S. The van der Waals surface area contributed by atoms with Gasteiger partial charge in [0.25, 0.3) is 0 Å². The number of aromatic nitrogens is 1. The fourth-order valence-electron chi connectivity index (χ4n) is 2.31. The van der Waals surface area contributed by atoms with Crippen LogP contribution in [0.5, 0.6) is 0 Å². The van der Waals surface area contributed by atoms with E-state index in [4.69, 9.17) is 0 Å². The van der Waals surface area contributed by atoms with Gasteiger partial charge < -0.3 is 9.67 Å². The summed E-state index contributed by atoms with van der Waals surface area (Å²) < 4.78 is 1.99. The third kappa shape index (κ3) is 1.47. The Morgan fingerprint density at radius 3 is 2.82 bits per heavy atom. The second-order valence-electron chi connectivity index (χ2n) is 4.68. The van der Waals surface area contributed by atoms with E-state index in [0.29, 0.717) is 5.56 Å². The van der Waals surface area contributed by atoms with Crippen molar-refractivity contribution in [2.45, 2.75) is 11.7 Å². The lowest BCUT2D eigenvalue weighted by atomic mass is 9.97. The molecule has 0 amide bonds. The molecule has 2 aromatic rings. The molecule has 3 rings (SSSR count). The normalized spacial score (nSPS) is 22.9. The SMILES string of the molecule is Cn1cc(C(=O)O)c2c(C3(C)CS3)cccc21. The van der Waals surface area contributed by atoms with Gasteiger partial charge in [0.05, 0.1) is 5.56 Å². The summed E-state index contributed by atoms with van der Waals surface area (Å²) in [6.45, 7) is 2.17. The van der Waals surface area contributed by atoms with Crippen LogP contribution in [0.4, 0.5) is 0 Å². The van der Waals surface area contributed by atoms with Crippen molar-refractivity contribution in [1.82, 2.24) is 4.57 Å². The number of benzene rings is 1. The van der Waals surface area contributed by atoms with Gasteiger partial charge in [0.1, 0.15) is 0 Å². The highest BCUT2D eigenvalue weighted by Gasteiger charge is 2.42. The van der Waals surface area contributed by atoms with Crippen LogP contribution in [0.15, 0.2) is 24.4 Å².